The highest BCUT2D eigenvalue weighted by molar-refractivity contribution is 5.79. The number of carbonyl (C=O) groups is 2. The van der Waals surface area contributed by atoms with Crippen LogP contribution >= 0.6 is 0 Å². The Hall–Kier alpha value is -3.54. The summed E-state index contributed by atoms with van der Waals surface area (Å²) in [5, 5.41) is 19.2. The molecule has 0 radical (unpaired) electrons. The molecule has 0 spiro atoms. The molecule has 1 heterocycles. The topological polar surface area (TPSA) is 135 Å². The first kappa shape index (κ1) is 22.7. The van der Waals surface area contributed by atoms with E-state index in [2.05, 4.69) is 15.7 Å². The predicted molar refractivity (Wildman–Crippen MR) is 113 cm³/mol. The molecule has 2 amide bonds. The summed E-state index contributed by atoms with van der Waals surface area (Å²) in [7, 11) is 0. The first-order valence-corrected chi connectivity index (χ1v) is 9.77. The minimum Gasteiger partial charge on any atom is -0.444 e. The van der Waals surface area contributed by atoms with Gasteiger partial charge in [0.05, 0.1) is 17.8 Å². The lowest BCUT2D eigenvalue weighted by Crippen LogP contribution is -2.33. The maximum Gasteiger partial charge on any atom is 0.407 e. The van der Waals surface area contributed by atoms with Crippen molar-refractivity contribution >= 4 is 17.8 Å². The Balaban J connectivity index is 1.79. The predicted octanol–water partition coefficient (Wildman–Crippen LogP) is 2.29. The van der Waals surface area contributed by atoms with Gasteiger partial charge in [0, 0.05) is 13.1 Å². The zero-order chi connectivity index (χ0) is 22.1. The Bertz CT molecular complexity index is 909. The Labute approximate surface area is 176 Å². The number of nitrogens with two attached hydrogens (primary N) is 1. The number of rotatable bonds is 8. The Morgan fingerprint density at radius 2 is 1.80 bits per heavy atom. The Morgan fingerprint density at radius 3 is 2.40 bits per heavy atom. The molecule has 0 atom stereocenters. The quantitative estimate of drug-likeness (QED) is 0.569. The zero-order valence-electron chi connectivity index (χ0n) is 17.6. The molecular weight excluding hydrogens is 384 g/mol. The van der Waals surface area contributed by atoms with Gasteiger partial charge >= 0.3 is 6.09 Å². The van der Waals surface area contributed by atoms with Crippen LogP contribution in [0.4, 0.5) is 10.6 Å². The molecule has 2 rings (SSSR count). The smallest absolute Gasteiger partial charge is 0.407 e. The molecule has 9 nitrogen and oxygen atoms in total. The van der Waals surface area contributed by atoms with Crippen LogP contribution in [-0.2, 0) is 16.0 Å². The minimum absolute atomic E-state index is 0.0386. The number of amides is 2. The van der Waals surface area contributed by atoms with Crippen molar-refractivity contribution in [3.8, 4) is 11.8 Å². The molecule has 0 bridgehead atoms. The molecule has 0 aliphatic carbocycles. The molecule has 1 aromatic heterocycles. The summed E-state index contributed by atoms with van der Waals surface area (Å²) in [6, 6.07) is 11.2. The number of unbranched alkanes of at least 4 members (excludes halogenated alkanes) is 1. The number of anilines is 1. The third kappa shape index (κ3) is 6.81. The van der Waals surface area contributed by atoms with Crippen molar-refractivity contribution in [2.24, 2.45) is 0 Å². The van der Waals surface area contributed by atoms with Gasteiger partial charge in [-0.2, -0.15) is 10.4 Å². The van der Waals surface area contributed by atoms with E-state index < -0.39 is 11.7 Å². The van der Waals surface area contributed by atoms with E-state index in [4.69, 9.17) is 10.5 Å². The van der Waals surface area contributed by atoms with Crippen molar-refractivity contribution in [2.75, 3.05) is 18.8 Å². The van der Waals surface area contributed by atoms with E-state index in [0.717, 1.165) is 5.69 Å². The summed E-state index contributed by atoms with van der Waals surface area (Å²) in [5.74, 6) is -0.0379. The van der Waals surface area contributed by atoms with Crippen LogP contribution in [-0.4, -0.2) is 40.5 Å². The number of alkyl carbamates (subject to hydrolysis) is 1. The van der Waals surface area contributed by atoms with E-state index in [-0.39, 0.29) is 23.7 Å². The van der Waals surface area contributed by atoms with Crippen LogP contribution < -0.4 is 16.4 Å². The van der Waals surface area contributed by atoms with Gasteiger partial charge in [0.1, 0.15) is 23.1 Å². The number of nitrogen functional groups attached to an aromatic ring is 1. The number of nitrogens with zero attached hydrogens (tertiary/aromatic N) is 3. The van der Waals surface area contributed by atoms with E-state index in [0.29, 0.717) is 31.6 Å². The molecule has 4 N–H and O–H groups in total. The van der Waals surface area contributed by atoms with Crippen molar-refractivity contribution in [3.63, 3.8) is 0 Å². The lowest BCUT2D eigenvalue weighted by molar-refractivity contribution is -0.120. The van der Waals surface area contributed by atoms with Crippen molar-refractivity contribution < 1.29 is 14.3 Å². The van der Waals surface area contributed by atoms with Gasteiger partial charge in [-0.25, -0.2) is 9.48 Å². The van der Waals surface area contributed by atoms with Gasteiger partial charge in [0.25, 0.3) is 0 Å². The molecule has 160 valence electrons. The third-order valence-corrected chi connectivity index (χ3v) is 4.03. The molecule has 0 aliphatic heterocycles. The molecule has 9 heteroatoms. The van der Waals surface area contributed by atoms with Gasteiger partial charge in [-0.05, 0) is 45.7 Å². The Morgan fingerprint density at radius 1 is 1.17 bits per heavy atom. The molecular formula is C21H28N6O3. The van der Waals surface area contributed by atoms with Crippen LogP contribution in [0.25, 0.3) is 5.69 Å². The lowest BCUT2D eigenvalue weighted by Gasteiger charge is -2.19. The fourth-order valence-electron chi connectivity index (χ4n) is 2.69. The normalized spacial score (nSPS) is 10.9. The highest BCUT2D eigenvalue weighted by atomic mass is 16.6. The van der Waals surface area contributed by atoms with Crippen molar-refractivity contribution in [1.82, 2.24) is 20.4 Å². The summed E-state index contributed by atoms with van der Waals surface area (Å²) in [6.07, 6.45) is 0.886. The lowest BCUT2D eigenvalue weighted by atomic mass is 10.2. The monoisotopic (exact) mass is 412 g/mol. The fourth-order valence-corrected chi connectivity index (χ4v) is 2.69. The van der Waals surface area contributed by atoms with Crippen LogP contribution in [0.1, 0.15) is 44.9 Å². The van der Waals surface area contributed by atoms with Crippen LogP contribution in [0.2, 0.25) is 0 Å². The summed E-state index contributed by atoms with van der Waals surface area (Å²) in [5.41, 5.74) is 6.77. The average molecular weight is 412 g/mol. The van der Waals surface area contributed by atoms with E-state index in [1.54, 1.807) is 20.8 Å². The number of nitriles is 1. The highest BCUT2D eigenvalue weighted by Crippen LogP contribution is 2.20. The van der Waals surface area contributed by atoms with Crippen molar-refractivity contribution in [2.45, 2.75) is 45.6 Å². The Kier molecular flexibility index (Phi) is 7.81. The second-order valence-electron chi connectivity index (χ2n) is 7.73. The van der Waals surface area contributed by atoms with Crippen LogP contribution in [0.15, 0.2) is 30.3 Å². The fraction of sp³-hybridized carbons (Fsp3) is 0.429. The maximum absolute atomic E-state index is 12.2. The van der Waals surface area contributed by atoms with E-state index in [1.165, 1.54) is 4.68 Å². The molecule has 0 fully saturated rings. The van der Waals surface area contributed by atoms with Crippen molar-refractivity contribution in [3.05, 3.63) is 41.6 Å². The van der Waals surface area contributed by atoms with Gasteiger partial charge in [-0.15, -0.1) is 0 Å². The summed E-state index contributed by atoms with van der Waals surface area (Å²) in [4.78, 5) is 23.8. The molecule has 2 aromatic rings. The molecule has 0 unspecified atom stereocenters. The average Bonchev–Trinajstić information content (AvgIpc) is 2.98. The van der Waals surface area contributed by atoms with E-state index in [1.807, 2.05) is 36.4 Å². The van der Waals surface area contributed by atoms with Crippen molar-refractivity contribution in [1.29, 1.82) is 5.26 Å². The second kappa shape index (κ2) is 10.3. The zero-order valence-corrected chi connectivity index (χ0v) is 17.6. The number of hydrogen-bond donors (Lipinski definition) is 3. The summed E-state index contributed by atoms with van der Waals surface area (Å²) in [6.45, 7) is 6.32. The van der Waals surface area contributed by atoms with Crippen LogP contribution in [0.3, 0.4) is 0 Å². The first-order valence-electron chi connectivity index (χ1n) is 9.77. The van der Waals surface area contributed by atoms with Gasteiger partial charge in [0.15, 0.2) is 0 Å². The molecule has 1 aromatic carbocycles. The van der Waals surface area contributed by atoms with Crippen LogP contribution in [0, 0.1) is 11.3 Å². The number of nitrogens with one attached hydrogen (secondary N) is 2. The maximum atomic E-state index is 12.2. The van der Waals surface area contributed by atoms with Gasteiger partial charge in [-0.1, -0.05) is 18.2 Å². The molecule has 0 aliphatic rings. The number of ether oxygens (including phenoxy) is 1. The number of para-hydroxylation sites is 1. The molecule has 0 saturated heterocycles. The SMILES string of the molecule is CC(C)(C)OC(=O)NCCCCNC(=O)Cc1nn(-c2ccccc2)c(N)c1C#N. The van der Waals surface area contributed by atoms with Gasteiger partial charge < -0.3 is 21.1 Å². The van der Waals surface area contributed by atoms with Gasteiger partial charge in [0.2, 0.25) is 5.91 Å². The van der Waals surface area contributed by atoms with Crippen LogP contribution in [0.5, 0.6) is 0 Å². The number of benzene rings is 1. The minimum atomic E-state index is -0.531. The first-order chi connectivity index (χ1) is 14.2. The summed E-state index contributed by atoms with van der Waals surface area (Å²) >= 11 is 0. The van der Waals surface area contributed by atoms with Gasteiger partial charge in [-0.3, -0.25) is 4.79 Å². The number of carbonyl (C=O) groups excluding carboxylic acids is 2. The molecule has 0 saturated carbocycles. The third-order valence-electron chi connectivity index (χ3n) is 4.03. The second-order valence-corrected chi connectivity index (χ2v) is 7.73. The molecule has 30 heavy (non-hydrogen) atoms. The number of hydrogen-bond acceptors (Lipinski definition) is 6. The standard InChI is InChI=1S/C21H28N6O3/c1-21(2,3)30-20(29)25-12-8-7-11-24-18(28)13-17-16(14-22)19(23)27(26-17)15-9-5-4-6-10-15/h4-6,9-10H,7-8,11-13,23H2,1-3H3,(H,24,28)(H,25,29). The highest BCUT2D eigenvalue weighted by Gasteiger charge is 2.19. The summed E-state index contributed by atoms with van der Waals surface area (Å²) < 4.78 is 6.61. The largest absolute Gasteiger partial charge is 0.444 e. The van der Waals surface area contributed by atoms with E-state index >= 15 is 0 Å². The number of aromatic nitrogens is 2. The van der Waals surface area contributed by atoms with E-state index in [9.17, 15) is 14.9 Å².